The summed E-state index contributed by atoms with van der Waals surface area (Å²) in [6, 6.07) is 5.26. The first-order chi connectivity index (χ1) is 15.3. The van der Waals surface area contributed by atoms with E-state index in [0.29, 0.717) is 21.6 Å². The number of alkyl halides is 6. The average molecular weight is 491 g/mol. The summed E-state index contributed by atoms with van der Waals surface area (Å²) in [5.41, 5.74) is -2.44. The van der Waals surface area contributed by atoms with Gasteiger partial charge in [0.2, 0.25) is 0 Å². The summed E-state index contributed by atoms with van der Waals surface area (Å²) < 4.78 is 97.9. The fourth-order valence-electron chi connectivity index (χ4n) is 3.19. The Balaban J connectivity index is 1.98. The number of thiazole rings is 1. The molecule has 1 aromatic heterocycles. The second-order valence-electron chi connectivity index (χ2n) is 7.02. The van der Waals surface area contributed by atoms with Gasteiger partial charge in [0.05, 0.1) is 38.9 Å². The maximum Gasteiger partial charge on any atom is 0.417 e. The third-order valence-corrected chi connectivity index (χ3v) is 5.77. The van der Waals surface area contributed by atoms with Gasteiger partial charge in [-0.1, -0.05) is 6.07 Å². The minimum absolute atomic E-state index is 0.0243. The number of aromatic nitrogens is 1. The normalized spacial score (nSPS) is 12.2. The van der Waals surface area contributed by atoms with Crippen molar-refractivity contribution in [1.82, 2.24) is 4.98 Å². The van der Waals surface area contributed by atoms with Crippen molar-refractivity contribution in [2.24, 2.45) is 0 Å². The number of halogens is 7. The van der Waals surface area contributed by atoms with Crippen LogP contribution in [0.25, 0.3) is 10.4 Å². The molecular weight excluding hydrogens is 475 g/mol. The van der Waals surface area contributed by atoms with Crippen molar-refractivity contribution in [3.63, 3.8) is 0 Å². The molecule has 0 bridgehead atoms. The Bertz CT molecular complexity index is 1180. The van der Waals surface area contributed by atoms with Gasteiger partial charge in [0.25, 0.3) is 0 Å². The summed E-state index contributed by atoms with van der Waals surface area (Å²) in [6.45, 7) is 2.91. The molecule has 2 aromatic carbocycles. The predicted molar refractivity (Wildman–Crippen MR) is 107 cm³/mol. The van der Waals surface area contributed by atoms with Gasteiger partial charge in [-0.15, -0.1) is 11.3 Å². The summed E-state index contributed by atoms with van der Waals surface area (Å²) in [7, 11) is 0. The van der Waals surface area contributed by atoms with E-state index in [1.807, 2.05) is 0 Å². The van der Waals surface area contributed by atoms with Gasteiger partial charge in [-0.25, -0.2) is 14.2 Å². The summed E-state index contributed by atoms with van der Waals surface area (Å²) >= 11 is 0.972. The lowest BCUT2D eigenvalue weighted by atomic mass is 10.0. The summed E-state index contributed by atoms with van der Waals surface area (Å²) in [4.78, 5) is 16.5. The maximum atomic E-state index is 13.7. The Kier molecular flexibility index (Phi) is 6.83. The highest BCUT2D eigenvalue weighted by atomic mass is 32.1. The van der Waals surface area contributed by atoms with Crippen LogP contribution in [-0.4, -0.2) is 17.6 Å². The van der Waals surface area contributed by atoms with E-state index in [-0.39, 0.29) is 24.2 Å². The van der Waals surface area contributed by atoms with Crippen molar-refractivity contribution < 1.29 is 40.3 Å². The fourth-order valence-corrected chi connectivity index (χ4v) is 4.29. The molecule has 176 valence electrons. The highest BCUT2D eigenvalue weighted by molar-refractivity contribution is 7.15. The van der Waals surface area contributed by atoms with Crippen LogP contribution in [0.4, 0.5) is 30.7 Å². The number of hydrogen-bond acceptors (Lipinski definition) is 4. The van der Waals surface area contributed by atoms with Gasteiger partial charge < -0.3 is 4.74 Å². The molecule has 33 heavy (non-hydrogen) atoms. The second kappa shape index (κ2) is 9.12. The minimum atomic E-state index is -4.82. The van der Waals surface area contributed by atoms with Crippen molar-refractivity contribution in [2.45, 2.75) is 32.6 Å². The van der Waals surface area contributed by atoms with Gasteiger partial charge in [-0.2, -0.15) is 26.3 Å². The fraction of sp³-hybridized carbons (Fsp3) is 0.273. The van der Waals surface area contributed by atoms with Gasteiger partial charge in [0.1, 0.15) is 5.82 Å². The van der Waals surface area contributed by atoms with E-state index in [2.05, 4.69) is 9.72 Å². The number of rotatable bonds is 5. The van der Waals surface area contributed by atoms with E-state index in [4.69, 9.17) is 0 Å². The molecule has 0 fully saturated rings. The zero-order valence-electron chi connectivity index (χ0n) is 17.2. The summed E-state index contributed by atoms with van der Waals surface area (Å²) in [6.07, 6.45) is -9.69. The van der Waals surface area contributed by atoms with Gasteiger partial charge in [0, 0.05) is 6.42 Å². The van der Waals surface area contributed by atoms with E-state index >= 15 is 0 Å². The highest BCUT2D eigenvalue weighted by Gasteiger charge is 2.36. The van der Waals surface area contributed by atoms with Crippen molar-refractivity contribution in [3.8, 4) is 10.4 Å². The van der Waals surface area contributed by atoms with Crippen LogP contribution in [0.3, 0.4) is 0 Å². The molecule has 3 aromatic rings. The largest absolute Gasteiger partial charge is 0.462 e. The SMILES string of the molecule is CCOC(=O)c1ccc(-c2sc(Cc3cc(F)cc(C(F)(F)F)c3)nc2C)cc1C(F)(F)F. The first-order valence-electron chi connectivity index (χ1n) is 9.51. The lowest BCUT2D eigenvalue weighted by Crippen LogP contribution is -2.15. The van der Waals surface area contributed by atoms with E-state index in [1.54, 1.807) is 0 Å². The molecule has 0 unspecified atom stereocenters. The van der Waals surface area contributed by atoms with Crippen molar-refractivity contribution in [2.75, 3.05) is 6.61 Å². The zero-order chi connectivity index (χ0) is 24.6. The van der Waals surface area contributed by atoms with Crippen LogP contribution in [0.5, 0.6) is 0 Å². The molecule has 0 spiro atoms. The van der Waals surface area contributed by atoms with Crippen LogP contribution >= 0.6 is 11.3 Å². The molecule has 0 saturated heterocycles. The number of carbonyl (C=O) groups is 1. The smallest absolute Gasteiger partial charge is 0.417 e. The van der Waals surface area contributed by atoms with Gasteiger partial charge in [0.15, 0.2) is 0 Å². The van der Waals surface area contributed by atoms with Gasteiger partial charge in [-0.05, 0) is 55.3 Å². The van der Waals surface area contributed by atoms with Crippen molar-refractivity contribution >= 4 is 17.3 Å². The molecule has 1 heterocycles. The third kappa shape index (κ3) is 5.70. The molecule has 3 rings (SSSR count). The van der Waals surface area contributed by atoms with Crippen LogP contribution in [0, 0.1) is 12.7 Å². The molecule has 11 heteroatoms. The molecule has 0 aliphatic heterocycles. The number of nitrogens with zero attached hydrogens (tertiary/aromatic N) is 1. The van der Waals surface area contributed by atoms with Crippen LogP contribution in [-0.2, 0) is 23.5 Å². The van der Waals surface area contributed by atoms with E-state index < -0.39 is 40.8 Å². The lowest BCUT2D eigenvalue weighted by molar-refractivity contribution is -0.138. The minimum Gasteiger partial charge on any atom is -0.462 e. The standard InChI is InChI=1S/C22H16F7NO2S/c1-3-32-20(31)16-5-4-13(9-17(16)22(27,28)29)19-11(2)30-18(33-19)8-12-6-14(21(24,25)26)10-15(23)7-12/h4-7,9-10H,3,8H2,1-2H3. The monoisotopic (exact) mass is 491 g/mol. The number of esters is 1. The first kappa shape index (κ1) is 24.7. The number of benzene rings is 2. The number of carbonyl (C=O) groups excluding carboxylic acids is 1. The maximum absolute atomic E-state index is 13.7. The van der Waals surface area contributed by atoms with Gasteiger partial charge in [-0.3, -0.25) is 0 Å². The van der Waals surface area contributed by atoms with Crippen LogP contribution in [0.1, 0.15) is 44.7 Å². The van der Waals surface area contributed by atoms with E-state index in [0.717, 1.165) is 35.6 Å². The van der Waals surface area contributed by atoms with Crippen molar-refractivity contribution in [1.29, 1.82) is 0 Å². The second-order valence-corrected chi connectivity index (χ2v) is 8.11. The quantitative estimate of drug-likeness (QED) is 0.283. The van der Waals surface area contributed by atoms with Crippen LogP contribution in [0.15, 0.2) is 36.4 Å². The molecule has 0 amide bonds. The molecule has 0 aliphatic rings. The third-order valence-electron chi connectivity index (χ3n) is 4.56. The van der Waals surface area contributed by atoms with Crippen LogP contribution in [0.2, 0.25) is 0 Å². The molecular formula is C22H16F7NO2S. The van der Waals surface area contributed by atoms with E-state index in [1.165, 1.54) is 19.9 Å². The lowest BCUT2D eigenvalue weighted by Gasteiger charge is -2.13. The molecule has 0 aliphatic carbocycles. The Morgan fingerprint density at radius 1 is 1.03 bits per heavy atom. The van der Waals surface area contributed by atoms with Crippen molar-refractivity contribution in [3.05, 3.63) is 75.2 Å². The summed E-state index contributed by atoms with van der Waals surface area (Å²) in [5.74, 6) is -2.16. The molecule has 0 atom stereocenters. The molecule has 0 radical (unpaired) electrons. The van der Waals surface area contributed by atoms with E-state index in [9.17, 15) is 35.5 Å². The van der Waals surface area contributed by atoms with Crippen LogP contribution < -0.4 is 0 Å². The topological polar surface area (TPSA) is 39.2 Å². The van der Waals surface area contributed by atoms with Gasteiger partial charge >= 0.3 is 18.3 Å². The zero-order valence-corrected chi connectivity index (χ0v) is 18.0. The summed E-state index contributed by atoms with van der Waals surface area (Å²) in [5, 5.41) is 0.296. The molecule has 0 N–H and O–H groups in total. The Labute approximate surface area is 187 Å². The Morgan fingerprint density at radius 2 is 1.73 bits per heavy atom. The first-order valence-corrected chi connectivity index (χ1v) is 10.3. The number of hydrogen-bond donors (Lipinski definition) is 0. The Morgan fingerprint density at radius 3 is 2.33 bits per heavy atom. The molecule has 3 nitrogen and oxygen atoms in total. The Hall–Kier alpha value is -2.95. The number of aryl methyl sites for hydroxylation is 1. The molecule has 0 saturated carbocycles. The number of ether oxygens (including phenoxy) is 1. The highest BCUT2D eigenvalue weighted by Crippen LogP contribution is 2.38. The predicted octanol–water partition coefficient (Wildman–Crippen LogP) is 7.06. The average Bonchev–Trinajstić information content (AvgIpc) is 3.06.